The van der Waals surface area contributed by atoms with Crippen molar-refractivity contribution in [3.63, 3.8) is 0 Å². The Morgan fingerprint density at radius 3 is 2.65 bits per heavy atom. The van der Waals surface area contributed by atoms with Gasteiger partial charge in [0, 0.05) is 49.6 Å². The van der Waals surface area contributed by atoms with Gasteiger partial charge in [-0.3, -0.25) is 14.5 Å². The van der Waals surface area contributed by atoms with Gasteiger partial charge in [0.25, 0.3) is 0 Å². The molecule has 0 radical (unpaired) electrons. The summed E-state index contributed by atoms with van der Waals surface area (Å²) < 4.78 is 7.12. The molecule has 9 nitrogen and oxygen atoms in total. The second-order valence-electron chi connectivity index (χ2n) is 9.03. The lowest BCUT2D eigenvalue weighted by Gasteiger charge is -2.12. The molecule has 10 heteroatoms. The van der Waals surface area contributed by atoms with Crippen LogP contribution in [0.2, 0.25) is 5.02 Å². The first-order chi connectivity index (χ1) is 17.8. The molecule has 0 saturated carbocycles. The number of benzene rings is 1. The molecule has 0 spiro atoms. The minimum atomic E-state index is -0.132. The molecule has 1 aromatic carbocycles. The molecule has 188 valence electrons. The molecule has 0 aliphatic heterocycles. The Bertz CT molecular complexity index is 1600. The van der Waals surface area contributed by atoms with Crippen LogP contribution in [-0.4, -0.2) is 35.7 Å². The lowest BCUT2D eigenvalue weighted by molar-refractivity contribution is 0.0973. The number of anilines is 1. The van der Waals surface area contributed by atoms with Gasteiger partial charge in [0.2, 0.25) is 0 Å². The zero-order valence-corrected chi connectivity index (χ0v) is 21.8. The van der Waals surface area contributed by atoms with Crippen molar-refractivity contribution >= 4 is 34.1 Å². The summed E-state index contributed by atoms with van der Waals surface area (Å²) in [6, 6.07) is 7.68. The number of aromatic nitrogens is 6. The molecule has 37 heavy (non-hydrogen) atoms. The third kappa shape index (κ3) is 5.22. The fraction of sp³-hybridized carbons (Fsp3) is 0.259. The fourth-order valence-corrected chi connectivity index (χ4v) is 4.63. The van der Waals surface area contributed by atoms with Crippen molar-refractivity contribution in [1.29, 1.82) is 0 Å². The quantitative estimate of drug-likeness (QED) is 0.273. The maximum absolute atomic E-state index is 13.2. The van der Waals surface area contributed by atoms with Crippen molar-refractivity contribution in [3.05, 3.63) is 82.0 Å². The number of hydrogen-bond donors (Lipinski definition) is 1. The Hall–Kier alpha value is -4.11. The average Bonchev–Trinajstić information content (AvgIpc) is 3.39. The molecule has 0 bridgehead atoms. The van der Waals surface area contributed by atoms with Gasteiger partial charge in [-0.1, -0.05) is 22.8 Å². The molecule has 0 atom stereocenters. The van der Waals surface area contributed by atoms with Crippen LogP contribution in [0.25, 0.3) is 22.0 Å². The predicted octanol–water partition coefficient (Wildman–Crippen LogP) is 5.42. The standard InChI is InChI=1S/C27H26ClN7O2/c1-15-20(14-35(4)33-15)6-8-24(36)27-31-23-7-5-19(25-16(2)34-37-17(25)3)10-22(23)26(32-27)30-12-18-9-21(28)13-29-11-18/h5,7,9-11,13-14H,6,8,12H2,1-4H3,(H,30,31,32). The molecule has 4 heterocycles. The third-order valence-corrected chi connectivity index (χ3v) is 6.43. The molecule has 0 aliphatic rings. The van der Waals surface area contributed by atoms with E-state index in [1.807, 2.05) is 58.3 Å². The molecule has 0 saturated heterocycles. The maximum Gasteiger partial charge on any atom is 0.200 e. The monoisotopic (exact) mass is 515 g/mol. The van der Waals surface area contributed by atoms with Gasteiger partial charge in [-0.2, -0.15) is 5.10 Å². The normalized spacial score (nSPS) is 11.3. The number of carbonyl (C=O) groups excluding carboxylic acids is 1. The van der Waals surface area contributed by atoms with Gasteiger partial charge in [0.15, 0.2) is 11.6 Å². The number of pyridine rings is 1. The van der Waals surface area contributed by atoms with Crippen LogP contribution in [-0.2, 0) is 20.0 Å². The van der Waals surface area contributed by atoms with E-state index in [0.717, 1.165) is 44.8 Å². The van der Waals surface area contributed by atoms with E-state index >= 15 is 0 Å². The second kappa shape index (κ2) is 10.1. The van der Waals surface area contributed by atoms with Crippen molar-refractivity contribution < 1.29 is 9.32 Å². The molecule has 0 amide bonds. The highest BCUT2D eigenvalue weighted by atomic mass is 35.5. The number of rotatable bonds is 8. The van der Waals surface area contributed by atoms with Crippen LogP contribution in [0.4, 0.5) is 5.82 Å². The van der Waals surface area contributed by atoms with Crippen LogP contribution >= 0.6 is 11.6 Å². The van der Waals surface area contributed by atoms with Crippen LogP contribution < -0.4 is 5.32 Å². The minimum Gasteiger partial charge on any atom is -0.365 e. The number of hydrogen-bond acceptors (Lipinski definition) is 8. The highest BCUT2D eigenvalue weighted by Gasteiger charge is 2.18. The summed E-state index contributed by atoms with van der Waals surface area (Å²) in [7, 11) is 1.87. The summed E-state index contributed by atoms with van der Waals surface area (Å²) in [5.41, 5.74) is 6.17. The van der Waals surface area contributed by atoms with E-state index in [0.29, 0.717) is 29.3 Å². The molecule has 1 N–H and O–H groups in total. The number of nitrogens with one attached hydrogen (secondary N) is 1. The van der Waals surface area contributed by atoms with E-state index in [9.17, 15) is 4.79 Å². The third-order valence-electron chi connectivity index (χ3n) is 6.23. The van der Waals surface area contributed by atoms with E-state index in [2.05, 4.69) is 30.5 Å². The number of aryl methyl sites for hydroxylation is 5. The summed E-state index contributed by atoms with van der Waals surface area (Å²) in [6.45, 7) is 6.16. The van der Waals surface area contributed by atoms with Crippen LogP contribution in [0.1, 0.15) is 45.3 Å². The van der Waals surface area contributed by atoms with Gasteiger partial charge in [-0.05, 0) is 62.1 Å². The zero-order valence-electron chi connectivity index (χ0n) is 21.0. The van der Waals surface area contributed by atoms with Gasteiger partial charge in [0.1, 0.15) is 11.6 Å². The number of fused-ring (bicyclic) bond motifs is 1. The molecule has 0 aliphatic carbocycles. The Balaban J connectivity index is 1.51. The van der Waals surface area contributed by atoms with Crippen molar-refractivity contribution in [2.24, 2.45) is 7.05 Å². The molecular weight excluding hydrogens is 490 g/mol. The minimum absolute atomic E-state index is 0.132. The Labute approximate surface area is 218 Å². The summed E-state index contributed by atoms with van der Waals surface area (Å²) in [5.74, 6) is 1.33. The maximum atomic E-state index is 13.2. The van der Waals surface area contributed by atoms with Gasteiger partial charge < -0.3 is 9.84 Å². The number of nitrogens with zero attached hydrogens (tertiary/aromatic N) is 6. The summed E-state index contributed by atoms with van der Waals surface area (Å²) in [5, 5.41) is 13.1. The Kier molecular flexibility index (Phi) is 6.71. The number of ketones is 1. The van der Waals surface area contributed by atoms with Gasteiger partial charge in [0.05, 0.1) is 21.9 Å². The lowest BCUT2D eigenvalue weighted by atomic mass is 10.0. The molecule has 0 unspecified atom stereocenters. The highest BCUT2D eigenvalue weighted by Crippen LogP contribution is 2.32. The Morgan fingerprint density at radius 2 is 1.95 bits per heavy atom. The van der Waals surface area contributed by atoms with Gasteiger partial charge in [-0.25, -0.2) is 9.97 Å². The van der Waals surface area contributed by atoms with Crippen LogP contribution in [0, 0.1) is 20.8 Å². The van der Waals surface area contributed by atoms with Crippen LogP contribution in [0.15, 0.2) is 47.4 Å². The fourth-order valence-electron chi connectivity index (χ4n) is 4.43. The largest absolute Gasteiger partial charge is 0.365 e. The number of halogens is 1. The summed E-state index contributed by atoms with van der Waals surface area (Å²) in [4.78, 5) is 26.6. The summed E-state index contributed by atoms with van der Waals surface area (Å²) >= 11 is 6.11. The van der Waals surface area contributed by atoms with Gasteiger partial charge >= 0.3 is 0 Å². The van der Waals surface area contributed by atoms with Crippen molar-refractivity contribution in [3.8, 4) is 11.1 Å². The van der Waals surface area contributed by atoms with E-state index in [4.69, 9.17) is 16.1 Å². The van der Waals surface area contributed by atoms with Crippen molar-refractivity contribution in [2.45, 2.75) is 40.2 Å². The molecular formula is C27H26ClN7O2. The van der Waals surface area contributed by atoms with Crippen LogP contribution in [0.5, 0.6) is 0 Å². The topological polar surface area (TPSA) is 112 Å². The smallest absolute Gasteiger partial charge is 0.200 e. The molecule has 0 fully saturated rings. The number of Topliss-reactive ketones (excluding diaryl/α,β-unsaturated/α-hetero) is 1. The van der Waals surface area contributed by atoms with E-state index < -0.39 is 0 Å². The highest BCUT2D eigenvalue weighted by molar-refractivity contribution is 6.30. The zero-order chi connectivity index (χ0) is 26.1. The predicted molar refractivity (Wildman–Crippen MR) is 142 cm³/mol. The second-order valence-corrected chi connectivity index (χ2v) is 9.46. The van der Waals surface area contributed by atoms with E-state index in [1.54, 1.807) is 17.1 Å². The number of carbonyl (C=O) groups is 1. The van der Waals surface area contributed by atoms with E-state index in [-0.39, 0.29) is 18.0 Å². The SMILES string of the molecule is Cc1nn(C)cc1CCC(=O)c1nc(NCc2cncc(Cl)c2)c2cc(-c3c(C)noc3C)ccc2n1. The van der Waals surface area contributed by atoms with Crippen molar-refractivity contribution in [1.82, 2.24) is 29.9 Å². The first-order valence-electron chi connectivity index (χ1n) is 11.9. The van der Waals surface area contributed by atoms with Crippen molar-refractivity contribution in [2.75, 3.05) is 5.32 Å². The first-order valence-corrected chi connectivity index (χ1v) is 12.3. The lowest BCUT2D eigenvalue weighted by Crippen LogP contribution is -2.11. The first kappa shape index (κ1) is 24.6. The molecule has 5 aromatic rings. The molecule has 5 rings (SSSR count). The Morgan fingerprint density at radius 1 is 1.11 bits per heavy atom. The van der Waals surface area contributed by atoms with Gasteiger partial charge in [-0.15, -0.1) is 0 Å². The van der Waals surface area contributed by atoms with Crippen LogP contribution in [0.3, 0.4) is 0 Å². The average molecular weight is 516 g/mol. The molecule has 4 aromatic heterocycles. The summed E-state index contributed by atoms with van der Waals surface area (Å²) in [6.07, 6.45) is 6.11. The van der Waals surface area contributed by atoms with E-state index in [1.165, 1.54) is 0 Å².